The maximum atomic E-state index is 13.2. The first-order valence-electron chi connectivity index (χ1n) is 5.89. The van der Waals surface area contributed by atoms with Crippen LogP contribution in [0, 0.1) is 5.82 Å². The Morgan fingerprint density at radius 1 is 1.56 bits per heavy atom. The van der Waals surface area contributed by atoms with Crippen molar-refractivity contribution in [3.63, 3.8) is 0 Å². The number of carbonyl (C=O) groups is 1. The Bertz CT molecular complexity index is 462. The van der Waals surface area contributed by atoms with E-state index in [9.17, 15) is 9.18 Å². The fourth-order valence-electron chi connectivity index (χ4n) is 2.11. The predicted octanol–water partition coefficient (Wildman–Crippen LogP) is 1.29. The van der Waals surface area contributed by atoms with Gasteiger partial charge in [-0.2, -0.15) is 0 Å². The van der Waals surface area contributed by atoms with Crippen molar-refractivity contribution in [2.45, 2.75) is 25.6 Å². The molecule has 0 spiro atoms. The number of ether oxygens (including phenoxy) is 1. The van der Waals surface area contributed by atoms with Crippen LogP contribution in [0.2, 0.25) is 0 Å². The second-order valence-corrected chi connectivity index (χ2v) is 4.88. The molecule has 1 aliphatic heterocycles. The number of rotatable bonds is 2. The molecule has 1 unspecified atom stereocenters. The topological polar surface area (TPSA) is 55.6 Å². The Morgan fingerprint density at radius 3 is 2.89 bits per heavy atom. The van der Waals surface area contributed by atoms with Crippen molar-refractivity contribution in [2.24, 2.45) is 5.73 Å². The van der Waals surface area contributed by atoms with Crippen molar-refractivity contribution in [2.75, 3.05) is 18.0 Å². The van der Waals surface area contributed by atoms with E-state index < -0.39 is 5.60 Å². The summed E-state index contributed by atoms with van der Waals surface area (Å²) in [6.07, 6.45) is -0.235. The van der Waals surface area contributed by atoms with Gasteiger partial charge in [0.2, 0.25) is 0 Å². The van der Waals surface area contributed by atoms with E-state index >= 15 is 0 Å². The molecule has 1 saturated heterocycles. The molecule has 0 aliphatic carbocycles. The standard InChI is InChI=1S/C13H17FN2O2/c1-13(2)12(17)16(8-11(7-15)18-13)10-5-3-4-9(14)6-10/h3-6,11H,7-8,15H2,1-2H3. The summed E-state index contributed by atoms with van der Waals surface area (Å²) in [5, 5.41) is 0. The molecule has 4 nitrogen and oxygen atoms in total. The minimum absolute atomic E-state index is 0.183. The average molecular weight is 252 g/mol. The third kappa shape index (κ3) is 2.37. The molecular formula is C13H17FN2O2. The molecule has 18 heavy (non-hydrogen) atoms. The van der Waals surface area contributed by atoms with Crippen molar-refractivity contribution < 1.29 is 13.9 Å². The molecule has 1 aromatic rings. The smallest absolute Gasteiger partial charge is 0.258 e. The molecule has 0 radical (unpaired) electrons. The highest BCUT2D eigenvalue weighted by Gasteiger charge is 2.41. The Labute approximate surface area is 106 Å². The van der Waals surface area contributed by atoms with Crippen LogP contribution >= 0.6 is 0 Å². The number of amides is 1. The van der Waals surface area contributed by atoms with Gasteiger partial charge in [0.15, 0.2) is 0 Å². The Balaban J connectivity index is 2.33. The molecule has 1 amide bonds. The maximum Gasteiger partial charge on any atom is 0.258 e. The van der Waals surface area contributed by atoms with Gasteiger partial charge in [0.05, 0.1) is 12.6 Å². The molecule has 1 fully saturated rings. The highest BCUT2D eigenvalue weighted by molar-refractivity contribution is 5.99. The van der Waals surface area contributed by atoms with E-state index in [1.807, 2.05) is 0 Å². The molecular weight excluding hydrogens is 235 g/mol. The number of halogens is 1. The Hall–Kier alpha value is -1.46. The van der Waals surface area contributed by atoms with Crippen molar-refractivity contribution in [3.05, 3.63) is 30.1 Å². The fraction of sp³-hybridized carbons (Fsp3) is 0.462. The zero-order valence-corrected chi connectivity index (χ0v) is 10.5. The van der Waals surface area contributed by atoms with Crippen LogP contribution in [-0.2, 0) is 9.53 Å². The molecule has 2 N–H and O–H groups in total. The summed E-state index contributed by atoms with van der Waals surface area (Å²) in [5.41, 5.74) is 5.20. The van der Waals surface area contributed by atoms with Gasteiger partial charge in [0.1, 0.15) is 11.4 Å². The zero-order valence-electron chi connectivity index (χ0n) is 10.5. The van der Waals surface area contributed by atoms with Gasteiger partial charge >= 0.3 is 0 Å². The minimum Gasteiger partial charge on any atom is -0.359 e. The average Bonchev–Trinajstić information content (AvgIpc) is 2.32. The lowest BCUT2D eigenvalue weighted by Crippen LogP contribution is -2.59. The quantitative estimate of drug-likeness (QED) is 0.863. The Kier molecular flexibility index (Phi) is 3.36. The number of nitrogens with two attached hydrogens (primary N) is 1. The van der Waals surface area contributed by atoms with E-state index in [0.717, 1.165) is 0 Å². The van der Waals surface area contributed by atoms with Crippen molar-refractivity contribution in [3.8, 4) is 0 Å². The lowest BCUT2D eigenvalue weighted by atomic mass is 10.0. The van der Waals surface area contributed by atoms with Crippen LogP contribution in [0.1, 0.15) is 13.8 Å². The molecule has 5 heteroatoms. The monoisotopic (exact) mass is 252 g/mol. The molecule has 1 aliphatic rings. The van der Waals surface area contributed by atoms with Gasteiger partial charge in [-0.25, -0.2) is 4.39 Å². The third-order valence-electron chi connectivity index (χ3n) is 2.99. The highest BCUT2D eigenvalue weighted by Crippen LogP contribution is 2.27. The summed E-state index contributed by atoms with van der Waals surface area (Å²) in [6, 6.07) is 5.97. The van der Waals surface area contributed by atoms with Gasteiger partial charge in [-0.1, -0.05) is 6.07 Å². The van der Waals surface area contributed by atoms with Gasteiger partial charge in [-0.15, -0.1) is 0 Å². The van der Waals surface area contributed by atoms with Crippen molar-refractivity contribution >= 4 is 11.6 Å². The zero-order chi connectivity index (χ0) is 13.3. The van der Waals surface area contributed by atoms with Gasteiger partial charge in [-0.3, -0.25) is 4.79 Å². The Morgan fingerprint density at radius 2 is 2.28 bits per heavy atom. The van der Waals surface area contributed by atoms with Crippen molar-refractivity contribution in [1.82, 2.24) is 0 Å². The van der Waals surface area contributed by atoms with Crippen LogP contribution in [0.25, 0.3) is 0 Å². The molecule has 0 bridgehead atoms. The maximum absolute atomic E-state index is 13.2. The van der Waals surface area contributed by atoms with E-state index in [1.54, 1.807) is 26.0 Å². The van der Waals surface area contributed by atoms with Gasteiger partial charge in [0.25, 0.3) is 5.91 Å². The van der Waals surface area contributed by atoms with E-state index in [1.165, 1.54) is 17.0 Å². The van der Waals surface area contributed by atoms with Crippen LogP contribution in [0.3, 0.4) is 0 Å². The van der Waals surface area contributed by atoms with Gasteiger partial charge in [-0.05, 0) is 32.0 Å². The first-order valence-corrected chi connectivity index (χ1v) is 5.89. The van der Waals surface area contributed by atoms with Crippen LogP contribution in [0.4, 0.5) is 10.1 Å². The van der Waals surface area contributed by atoms with Gasteiger partial charge in [0, 0.05) is 12.2 Å². The summed E-state index contributed by atoms with van der Waals surface area (Å²) in [6.45, 7) is 4.07. The minimum atomic E-state index is -0.936. The number of morpholine rings is 1. The number of carbonyl (C=O) groups excluding carboxylic acids is 1. The highest BCUT2D eigenvalue weighted by atomic mass is 19.1. The largest absolute Gasteiger partial charge is 0.359 e. The lowest BCUT2D eigenvalue weighted by Gasteiger charge is -2.41. The SMILES string of the molecule is CC1(C)OC(CN)CN(c2cccc(F)c2)C1=O. The molecule has 1 aromatic carbocycles. The first-order chi connectivity index (χ1) is 8.44. The molecule has 1 heterocycles. The lowest BCUT2D eigenvalue weighted by molar-refractivity contribution is -0.153. The molecule has 1 atom stereocenters. The normalized spacial score (nSPS) is 23.2. The summed E-state index contributed by atoms with van der Waals surface area (Å²) in [7, 11) is 0. The van der Waals surface area contributed by atoms with Crippen LogP contribution in [-0.4, -0.2) is 30.7 Å². The van der Waals surface area contributed by atoms with Crippen LogP contribution in [0.5, 0.6) is 0 Å². The molecule has 0 saturated carbocycles. The van der Waals surface area contributed by atoms with E-state index in [0.29, 0.717) is 18.8 Å². The van der Waals surface area contributed by atoms with E-state index in [4.69, 9.17) is 10.5 Å². The summed E-state index contributed by atoms with van der Waals surface area (Å²) < 4.78 is 18.8. The molecule has 98 valence electrons. The van der Waals surface area contributed by atoms with Crippen molar-refractivity contribution in [1.29, 1.82) is 0 Å². The van der Waals surface area contributed by atoms with Gasteiger partial charge < -0.3 is 15.4 Å². The molecule has 0 aromatic heterocycles. The van der Waals surface area contributed by atoms with Crippen LogP contribution < -0.4 is 10.6 Å². The summed E-state index contributed by atoms with van der Waals surface area (Å²) >= 11 is 0. The predicted molar refractivity (Wildman–Crippen MR) is 66.8 cm³/mol. The second kappa shape index (κ2) is 4.66. The summed E-state index contributed by atoms with van der Waals surface area (Å²) in [4.78, 5) is 13.8. The third-order valence-corrected chi connectivity index (χ3v) is 2.99. The number of nitrogens with zero attached hydrogens (tertiary/aromatic N) is 1. The summed E-state index contributed by atoms with van der Waals surface area (Å²) in [5.74, 6) is -0.549. The fourth-order valence-corrected chi connectivity index (χ4v) is 2.11. The molecule has 2 rings (SSSR count). The number of hydrogen-bond donors (Lipinski definition) is 1. The number of anilines is 1. The number of hydrogen-bond acceptors (Lipinski definition) is 3. The first kappa shape index (κ1) is 13.0. The van der Waals surface area contributed by atoms with E-state index in [2.05, 4.69) is 0 Å². The van der Waals surface area contributed by atoms with E-state index in [-0.39, 0.29) is 17.8 Å². The number of benzene rings is 1. The van der Waals surface area contributed by atoms with Crippen LogP contribution in [0.15, 0.2) is 24.3 Å². The second-order valence-electron chi connectivity index (χ2n) is 4.88.